The van der Waals surface area contributed by atoms with Gasteiger partial charge in [-0.1, -0.05) is 0 Å². The molecule has 4 N–H and O–H groups in total. The van der Waals surface area contributed by atoms with Crippen LogP contribution in [0.5, 0.6) is 0 Å². The molecule has 2 aliphatic rings. The Balaban J connectivity index is 1.43. The van der Waals surface area contributed by atoms with Gasteiger partial charge < -0.3 is 20.9 Å². The van der Waals surface area contributed by atoms with Crippen LogP contribution in [0.2, 0.25) is 0 Å². The van der Waals surface area contributed by atoms with Crippen molar-refractivity contribution in [3.63, 3.8) is 0 Å². The van der Waals surface area contributed by atoms with E-state index in [-0.39, 0.29) is 17.6 Å². The summed E-state index contributed by atoms with van der Waals surface area (Å²) in [6.45, 7) is 5.57. The zero-order chi connectivity index (χ0) is 17.6. The van der Waals surface area contributed by atoms with Gasteiger partial charge >= 0.3 is 6.03 Å². The molecule has 2 fully saturated rings. The number of rotatable bonds is 6. The molecule has 0 aliphatic carbocycles. The van der Waals surface area contributed by atoms with E-state index < -0.39 is 5.91 Å². The maximum absolute atomic E-state index is 12.4. The number of urea groups is 1. The average molecular weight is 348 g/mol. The largest absolute Gasteiger partial charge is 0.364 e. The Labute approximate surface area is 148 Å². The SMILES string of the molecule is NC(=O)c1cc([C@@H]2CCCN(C(=O)NCCCN3CCCC3)C2)[nH]n1. The van der Waals surface area contributed by atoms with Gasteiger partial charge in [0.1, 0.15) is 5.69 Å². The molecule has 0 saturated carbocycles. The number of piperidine rings is 1. The van der Waals surface area contributed by atoms with Crippen molar-refractivity contribution in [2.75, 3.05) is 39.3 Å². The molecule has 0 aromatic carbocycles. The van der Waals surface area contributed by atoms with E-state index >= 15 is 0 Å². The fourth-order valence-electron chi connectivity index (χ4n) is 3.70. The van der Waals surface area contributed by atoms with E-state index in [1.165, 1.54) is 25.9 Å². The third-order valence-corrected chi connectivity index (χ3v) is 5.12. The van der Waals surface area contributed by atoms with Gasteiger partial charge in [-0.05, 0) is 57.8 Å². The van der Waals surface area contributed by atoms with Gasteiger partial charge in [-0.3, -0.25) is 9.89 Å². The second-order valence-corrected chi connectivity index (χ2v) is 6.99. The van der Waals surface area contributed by atoms with Crippen LogP contribution < -0.4 is 11.1 Å². The second kappa shape index (κ2) is 8.33. The van der Waals surface area contributed by atoms with E-state index in [0.29, 0.717) is 13.1 Å². The van der Waals surface area contributed by atoms with E-state index in [1.54, 1.807) is 6.07 Å². The van der Waals surface area contributed by atoms with Crippen molar-refractivity contribution < 1.29 is 9.59 Å². The number of aromatic nitrogens is 2. The van der Waals surface area contributed by atoms with Gasteiger partial charge in [0.2, 0.25) is 0 Å². The van der Waals surface area contributed by atoms with Gasteiger partial charge in [0.05, 0.1) is 0 Å². The number of aromatic amines is 1. The van der Waals surface area contributed by atoms with Crippen LogP contribution in [-0.4, -0.2) is 71.2 Å². The summed E-state index contributed by atoms with van der Waals surface area (Å²) < 4.78 is 0. The lowest BCUT2D eigenvalue weighted by molar-refractivity contribution is 0.0995. The van der Waals surface area contributed by atoms with Crippen molar-refractivity contribution in [1.82, 2.24) is 25.3 Å². The van der Waals surface area contributed by atoms with Crippen LogP contribution in [0.15, 0.2) is 6.07 Å². The van der Waals surface area contributed by atoms with Crippen LogP contribution in [0.25, 0.3) is 0 Å². The molecule has 3 heterocycles. The van der Waals surface area contributed by atoms with E-state index in [1.807, 2.05) is 4.90 Å². The van der Waals surface area contributed by atoms with Crippen molar-refractivity contribution in [2.45, 2.75) is 38.0 Å². The Morgan fingerprint density at radius 1 is 1.28 bits per heavy atom. The minimum absolute atomic E-state index is 0.000706. The number of hydrogen-bond donors (Lipinski definition) is 3. The van der Waals surface area contributed by atoms with Crippen LogP contribution >= 0.6 is 0 Å². The van der Waals surface area contributed by atoms with Crippen molar-refractivity contribution >= 4 is 11.9 Å². The van der Waals surface area contributed by atoms with Gasteiger partial charge in [0, 0.05) is 31.2 Å². The highest BCUT2D eigenvalue weighted by molar-refractivity contribution is 5.90. The summed E-state index contributed by atoms with van der Waals surface area (Å²) in [5.41, 5.74) is 6.37. The smallest absolute Gasteiger partial charge is 0.317 e. The fourth-order valence-corrected chi connectivity index (χ4v) is 3.70. The first-order chi connectivity index (χ1) is 12.1. The number of nitrogens with zero attached hydrogens (tertiary/aromatic N) is 3. The molecule has 3 rings (SSSR count). The molecule has 138 valence electrons. The molecule has 2 saturated heterocycles. The molecule has 3 amide bonds. The number of nitrogens with two attached hydrogens (primary N) is 1. The Morgan fingerprint density at radius 3 is 2.80 bits per heavy atom. The summed E-state index contributed by atoms with van der Waals surface area (Å²) in [4.78, 5) is 27.9. The predicted molar refractivity (Wildman–Crippen MR) is 94.3 cm³/mol. The minimum Gasteiger partial charge on any atom is -0.364 e. The van der Waals surface area contributed by atoms with E-state index in [2.05, 4.69) is 20.4 Å². The molecule has 0 radical (unpaired) electrons. The molecule has 2 aliphatic heterocycles. The lowest BCUT2D eigenvalue weighted by Gasteiger charge is -2.32. The normalized spacial score (nSPS) is 21.4. The molecule has 0 spiro atoms. The van der Waals surface area contributed by atoms with Crippen LogP contribution in [0.1, 0.15) is 54.2 Å². The molecule has 1 atom stereocenters. The van der Waals surface area contributed by atoms with Gasteiger partial charge in [0.15, 0.2) is 0 Å². The minimum atomic E-state index is -0.536. The van der Waals surface area contributed by atoms with Crippen LogP contribution in [0.3, 0.4) is 0 Å². The summed E-state index contributed by atoms with van der Waals surface area (Å²) in [6.07, 6.45) is 5.50. The Morgan fingerprint density at radius 2 is 2.08 bits per heavy atom. The number of H-pyrrole nitrogens is 1. The topological polar surface area (TPSA) is 107 Å². The quantitative estimate of drug-likeness (QED) is 0.663. The van der Waals surface area contributed by atoms with Gasteiger partial charge in [-0.15, -0.1) is 0 Å². The number of nitrogens with one attached hydrogen (secondary N) is 2. The van der Waals surface area contributed by atoms with E-state index in [4.69, 9.17) is 5.73 Å². The van der Waals surface area contributed by atoms with Crippen molar-refractivity contribution in [2.24, 2.45) is 5.73 Å². The first kappa shape index (κ1) is 17.7. The summed E-state index contributed by atoms with van der Waals surface area (Å²) in [6, 6.07) is 1.70. The number of carbonyl (C=O) groups excluding carboxylic acids is 2. The zero-order valence-corrected chi connectivity index (χ0v) is 14.7. The first-order valence-electron chi connectivity index (χ1n) is 9.23. The maximum Gasteiger partial charge on any atom is 0.317 e. The number of carbonyl (C=O) groups is 2. The lowest BCUT2D eigenvalue weighted by atomic mass is 9.95. The third-order valence-electron chi connectivity index (χ3n) is 5.12. The van der Waals surface area contributed by atoms with Crippen LogP contribution in [-0.2, 0) is 0 Å². The standard InChI is InChI=1S/C17H28N6O2/c18-16(24)15-11-14(20-21-15)13-5-3-10-23(12-13)17(25)19-6-4-9-22-7-1-2-8-22/h11,13H,1-10,12H2,(H2,18,24)(H,19,25)(H,20,21)/t13-/m1/s1. The van der Waals surface area contributed by atoms with Crippen molar-refractivity contribution in [3.8, 4) is 0 Å². The van der Waals surface area contributed by atoms with Gasteiger partial charge in [-0.2, -0.15) is 5.10 Å². The number of amides is 3. The zero-order valence-electron chi connectivity index (χ0n) is 14.7. The van der Waals surface area contributed by atoms with Crippen LogP contribution in [0.4, 0.5) is 4.79 Å². The molecule has 1 aromatic rings. The summed E-state index contributed by atoms with van der Waals surface area (Å²) in [5, 5.41) is 9.85. The highest BCUT2D eigenvalue weighted by atomic mass is 16.2. The van der Waals surface area contributed by atoms with Crippen molar-refractivity contribution in [3.05, 3.63) is 17.5 Å². The van der Waals surface area contributed by atoms with E-state index in [9.17, 15) is 9.59 Å². The predicted octanol–water partition coefficient (Wildman–Crippen LogP) is 0.884. The Kier molecular flexibility index (Phi) is 5.91. The highest BCUT2D eigenvalue weighted by Gasteiger charge is 2.26. The summed E-state index contributed by atoms with van der Waals surface area (Å²) >= 11 is 0. The molecule has 0 unspecified atom stereocenters. The van der Waals surface area contributed by atoms with E-state index in [0.717, 1.165) is 38.0 Å². The maximum atomic E-state index is 12.4. The average Bonchev–Trinajstić information content (AvgIpc) is 3.30. The first-order valence-corrected chi connectivity index (χ1v) is 9.23. The third kappa shape index (κ3) is 4.72. The van der Waals surface area contributed by atoms with Gasteiger partial charge in [-0.25, -0.2) is 4.79 Å². The van der Waals surface area contributed by atoms with Crippen molar-refractivity contribution in [1.29, 1.82) is 0 Å². The number of likely N-dealkylation sites (tertiary alicyclic amines) is 2. The number of hydrogen-bond acceptors (Lipinski definition) is 4. The second-order valence-electron chi connectivity index (χ2n) is 6.99. The summed E-state index contributed by atoms with van der Waals surface area (Å²) in [7, 11) is 0. The molecular weight excluding hydrogens is 320 g/mol. The number of primary amides is 1. The fraction of sp³-hybridized carbons (Fsp3) is 0.706. The Bertz CT molecular complexity index is 596. The monoisotopic (exact) mass is 348 g/mol. The summed E-state index contributed by atoms with van der Waals surface area (Å²) in [5.74, 6) is -0.365. The molecule has 0 bridgehead atoms. The van der Waals surface area contributed by atoms with Crippen LogP contribution in [0, 0.1) is 0 Å². The molecule has 8 nitrogen and oxygen atoms in total. The highest BCUT2D eigenvalue weighted by Crippen LogP contribution is 2.25. The Hall–Kier alpha value is -2.09. The molecule has 25 heavy (non-hydrogen) atoms. The lowest BCUT2D eigenvalue weighted by Crippen LogP contribution is -2.45. The molecule has 1 aromatic heterocycles. The molecule has 8 heteroatoms. The van der Waals surface area contributed by atoms with Gasteiger partial charge in [0.25, 0.3) is 5.91 Å². The molecular formula is C17H28N6O2.